The Morgan fingerprint density at radius 2 is 1.46 bits per heavy atom. The summed E-state index contributed by atoms with van der Waals surface area (Å²) in [5, 5.41) is 5.62. The third kappa shape index (κ3) is 3.89. The maximum Gasteiger partial charge on any atom is 0.256 e. The monoisotopic (exact) mass is 432 g/mol. The van der Waals surface area contributed by atoms with Gasteiger partial charge in [0.15, 0.2) is 0 Å². The molecule has 5 heteroatoms. The topological polar surface area (TPSA) is 58.2 Å². The van der Waals surface area contributed by atoms with Gasteiger partial charge in [-0.2, -0.15) is 0 Å². The van der Waals surface area contributed by atoms with Gasteiger partial charge in [0.2, 0.25) is 5.91 Å². The first kappa shape index (κ1) is 18.2. The molecule has 4 nitrogen and oxygen atoms in total. The van der Waals surface area contributed by atoms with E-state index in [0.717, 1.165) is 32.5 Å². The minimum atomic E-state index is -0.0425. The van der Waals surface area contributed by atoms with Gasteiger partial charge in [-0.25, -0.2) is 0 Å². The summed E-state index contributed by atoms with van der Waals surface area (Å²) in [6.45, 7) is 0. The summed E-state index contributed by atoms with van der Waals surface area (Å²) < 4.78 is 1.03. The summed E-state index contributed by atoms with van der Waals surface area (Å²) in [5.74, 6) is 0.0559. The molecule has 3 aromatic carbocycles. The van der Waals surface area contributed by atoms with Gasteiger partial charge in [-0.1, -0.05) is 64.5 Å². The fourth-order valence-electron chi connectivity index (χ4n) is 3.17. The molecular weight excluding hydrogens is 416 g/mol. The van der Waals surface area contributed by atoms with Crippen LogP contribution in [0.5, 0.6) is 0 Å². The molecular formula is C23H17BrN2O2. The van der Waals surface area contributed by atoms with Crippen molar-refractivity contribution < 1.29 is 9.59 Å². The zero-order valence-corrected chi connectivity index (χ0v) is 16.5. The standard InChI is InChI=1S/C15H10BrNO.C8H7NO/c16-11-7-5-10(6-8-11)9-13-12-3-1-2-4-14(12)17-15(13)18;10-8-5-6-3-1-2-4-7(6)9-8/h1-9H,(H,17,18);1-4H,5H2,(H,9,10)/b13-9-;. The van der Waals surface area contributed by atoms with Gasteiger partial charge in [-0.05, 0) is 41.5 Å². The predicted octanol–water partition coefficient (Wildman–Crippen LogP) is 5.12. The van der Waals surface area contributed by atoms with Crippen LogP contribution < -0.4 is 10.6 Å². The average Bonchev–Trinajstić information content (AvgIpc) is 3.23. The molecule has 0 bridgehead atoms. The van der Waals surface area contributed by atoms with Crippen molar-refractivity contribution in [3.05, 3.63) is 94.0 Å². The van der Waals surface area contributed by atoms with E-state index in [1.807, 2.05) is 78.9 Å². The van der Waals surface area contributed by atoms with Crippen molar-refractivity contribution in [3.63, 3.8) is 0 Å². The number of hydrogen-bond acceptors (Lipinski definition) is 2. The van der Waals surface area contributed by atoms with Gasteiger partial charge < -0.3 is 10.6 Å². The molecule has 0 aliphatic carbocycles. The van der Waals surface area contributed by atoms with Gasteiger partial charge in [0.1, 0.15) is 0 Å². The quantitative estimate of drug-likeness (QED) is 0.524. The fourth-order valence-corrected chi connectivity index (χ4v) is 3.44. The molecule has 2 aliphatic heterocycles. The highest BCUT2D eigenvalue weighted by Gasteiger charge is 2.23. The molecule has 0 saturated heterocycles. The number of para-hydroxylation sites is 2. The lowest BCUT2D eigenvalue weighted by Crippen LogP contribution is -2.03. The number of nitrogens with one attached hydrogen (secondary N) is 2. The number of hydrogen-bond donors (Lipinski definition) is 2. The smallest absolute Gasteiger partial charge is 0.256 e. The maximum atomic E-state index is 11.9. The Balaban J connectivity index is 0.000000162. The first-order chi connectivity index (χ1) is 13.6. The molecule has 28 heavy (non-hydrogen) atoms. The third-order valence-electron chi connectivity index (χ3n) is 4.53. The maximum absolute atomic E-state index is 11.9. The van der Waals surface area contributed by atoms with E-state index >= 15 is 0 Å². The predicted molar refractivity (Wildman–Crippen MR) is 116 cm³/mol. The minimum absolute atomic E-state index is 0.0425. The van der Waals surface area contributed by atoms with Crippen LogP contribution in [0.3, 0.4) is 0 Å². The van der Waals surface area contributed by atoms with Crippen LogP contribution in [0, 0.1) is 0 Å². The summed E-state index contributed by atoms with van der Waals surface area (Å²) in [6.07, 6.45) is 2.45. The van der Waals surface area contributed by atoms with Crippen LogP contribution in [0.1, 0.15) is 16.7 Å². The molecule has 3 aromatic rings. The second-order valence-corrected chi connectivity index (χ2v) is 7.41. The Morgan fingerprint density at radius 1 is 0.786 bits per heavy atom. The van der Waals surface area contributed by atoms with Gasteiger partial charge in [-0.3, -0.25) is 9.59 Å². The van der Waals surface area contributed by atoms with Crippen molar-refractivity contribution in [1.82, 2.24) is 0 Å². The van der Waals surface area contributed by atoms with E-state index in [4.69, 9.17) is 0 Å². The second-order valence-electron chi connectivity index (χ2n) is 6.49. The summed E-state index contributed by atoms with van der Waals surface area (Å²) in [6, 6.07) is 23.4. The summed E-state index contributed by atoms with van der Waals surface area (Å²) in [5.41, 5.74) is 5.64. The Bertz CT molecular complexity index is 1060. The number of anilines is 2. The highest BCUT2D eigenvalue weighted by atomic mass is 79.9. The number of amides is 2. The lowest BCUT2D eigenvalue weighted by Gasteiger charge is -1.98. The number of halogens is 1. The Hall–Kier alpha value is -3.18. The SMILES string of the molecule is O=C1Cc2ccccc2N1.O=C1Nc2ccccc2/C1=C/c1ccc(Br)cc1. The van der Waals surface area contributed by atoms with E-state index in [1.54, 1.807) is 0 Å². The van der Waals surface area contributed by atoms with Crippen LogP contribution in [0.25, 0.3) is 11.6 Å². The number of rotatable bonds is 1. The molecule has 2 amide bonds. The number of carbonyl (C=O) groups excluding carboxylic acids is 2. The Kier molecular flexibility index (Phi) is 5.08. The van der Waals surface area contributed by atoms with E-state index < -0.39 is 0 Å². The van der Waals surface area contributed by atoms with Gasteiger partial charge >= 0.3 is 0 Å². The third-order valence-corrected chi connectivity index (χ3v) is 5.06. The molecule has 0 unspecified atom stereocenters. The highest BCUT2D eigenvalue weighted by Crippen LogP contribution is 2.32. The summed E-state index contributed by atoms with van der Waals surface area (Å²) >= 11 is 3.40. The summed E-state index contributed by atoms with van der Waals surface area (Å²) in [7, 11) is 0. The molecule has 0 saturated carbocycles. The second kappa shape index (κ2) is 7.82. The molecule has 0 atom stereocenters. The van der Waals surface area contributed by atoms with Crippen molar-refractivity contribution >= 4 is 50.8 Å². The number of carbonyl (C=O) groups is 2. The first-order valence-corrected chi connectivity index (χ1v) is 9.65. The highest BCUT2D eigenvalue weighted by molar-refractivity contribution is 9.10. The van der Waals surface area contributed by atoms with Gasteiger partial charge in [-0.15, -0.1) is 0 Å². The van der Waals surface area contributed by atoms with Gasteiger partial charge in [0.05, 0.1) is 6.42 Å². The Morgan fingerprint density at radius 3 is 2.21 bits per heavy atom. The lowest BCUT2D eigenvalue weighted by molar-refractivity contribution is -0.115. The van der Waals surface area contributed by atoms with Crippen LogP contribution in [-0.2, 0) is 16.0 Å². The van der Waals surface area contributed by atoms with Crippen LogP contribution in [-0.4, -0.2) is 11.8 Å². The largest absolute Gasteiger partial charge is 0.326 e. The van der Waals surface area contributed by atoms with E-state index in [1.165, 1.54) is 0 Å². The van der Waals surface area contributed by atoms with Crippen molar-refractivity contribution in [2.24, 2.45) is 0 Å². The van der Waals surface area contributed by atoms with E-state index in [-0.39, 0.29) is 11.8 Å². The first-order valence-electron chi connectivity index (χ1n) is 8.86. The molecule has 0 aromatic heterocycles. The fraction of sp³-hybridized carbons (Fsp3) is 0.0435. The molecule has 5 rings (SSSR count). The van der Waals surface area contributed by atoms with Crippen molar-refractivity contribution in [2.45, 2.75) is 6.42 Å². The average molecular weight is 433 g/mol. The van der Waals surface area contributed by atoms with Crippen molar-refractivity contribution in [2.75, 3.05) is 10.6 Å². The van der Waals surface area contributed by atoms with Crippen LogP contribution >= 0.6 is 15.9 Å². The van der Waals surface area contributed by atoms with Crippen LogP contribution in [0.4, 0.5) is 11.4 Å². The minimum Gasteiger partial charge on any atom is -0.326 e. The molecule has 0 radical (unpaired) electrons. The zero-order valence-electron chi connectivity index (χ0n) is 14.9. The van der Waals surface area contributed by atoms with Crippen molar-refractivity contribution in [1.29, 1.82) is 0 Å². The van der Waals surface area contributed by atoms with E-state index in [2.05, 4.69) is 26.6 Å². The van der Waals surface area contributed by atoms with Gasteiger partial charge in [0.25, 0.3) is 5.91 Å². The van der Waals surface area contributed by atoms with Crippen molar-refractivity contribution in [3.8, 4) is 0 Å². The van der Waals surface area contributed by atoms with Crippen LogP contribution in [0.2, 0.25) is 0 Å². The summed E-state index contributed by atoms with van der Waals surface area (Å²) in [4.78, 5) is 22.7. The van der Waals surface area contributed by atoms with Crippen LogP contribution in [0.15, 0.2) is 77.3 Å². The molecule has 2 heterocycles. The van der Waals surface area contributed by atoms with Gasteiger partial charge in [0, 0.05) is 27.0 Å². The number of fused-ring (bicyclic) bond motifs is 2. The zero-order chi connectivity index (χ0) is 19.5. The number of benzene rings is 3. The Labute approximate surface area is 171 Å². The lowest BCUT2D eigenvalue weighted by atomic mass is 10.0. The molecule has 0 spiro atoms. The van der Waals surface area contributed by atoms with E-state index in [9.17, 15) is 9.59 Å². The molecule has 138 valence electrons. The van der Waals surface area contributed by atoms with E-state index in [0.29, 0.717) is 12.0 Å². The molecule has 0 fully saturated rings. The normalized spacial score (nSPS) is 15.2. The molecule has 2 N–H and O–H groups in total. The molecule has 2 aliphatic rings.